The van der Waals surface area contributed by atoms with Crippen LogP contribution in [0.3, 0.4) is 0 Å². The van der Waals surface area contributed by atoms with E-state index in [1.165, 1.54) is 0 Å². The van der Waals surface area contributed by atoms with Crippen molar-refractivity contribution in [3.05, 3.63) is 53.2 Å². The lowest BCUT2D eigenvalue weighted by Gasteiger charge is -2.26. The van der Waals surface area contributed by atoms with Gasteiger partial charge in [0.15, 0.2) is 0 Å². The normalized spacial score (nSPS) is 16.4. The Morgan fingerprint density at radius 2 is 2.12 bits per heavy atom. The molecule has 1 unspecified atom stereocenters. The molecule has 2 aromatic rings. The molecule has 0 spiro atoms. The summed E-state index contributed by atoms with van der Waals surface area (Å²) in [6.45, 7) is 0.745. The van der Waals surface area contributed by atoms with Gasteiger partial charge in [-0.2, -0.15) is 0 Å². The van der Waals surface area contributed by atoms with Crippen LogP contribution in [0.15, 0.2) is 36.4 Å². The lowest BCUT2D eigenvalue weighted by molar-refractivity contribution is 0.142. The second kappa shape index (κ2) is 7.31. The molecule has 3 rings (SSSR count). The molecule has 0 aliphatic heterocycles. The summed E-state index contributed by atoms with van der Waals surface area (Å²) in [5, 5.41) is 22.0. The number of pyridine rings is 1. The summed E-state index contributed by atoms with van der Waals surface area (Å²) in [6, 6.07) is 11.0. The zero-order valence-corrected chi connectivity index (χ0v) is 13.2. The molecule has 0 fully saturated rings. The number of carboxylic acid groups (broad SMARTS) is 1. The Bertz CT molecular complexity index is 733. The van der Waals surface area contributed by atoms with Gasteiger partial charge in [-0.3, -0.25) is 0 Å². The van der Waals surface area contributed by atoms with Crippen molar-refractivity contribution in [2.24, 2.45) is 0 Å². The molecule has 1 aliphatic rings. The fourth-order valence-electron chi connectivity index (χ4n) is 3.10. The minimum absolute atomic E-state index is 0.121. The molecule has 0 amide bonds. The highest BCUT2D eigenvalue weighted by atomic mass is 16.7. The van der Waals surface area contributed by atoms with E-state index in [4.69, 9.17) is 5.11 Å². The number of nitrogens with zero attached hydrogens (tertiary/aromatic N) is 1. The van der Waals surface area contributed by atoms with Gasteiger partial charge in [0.2, 0.25) is 5.88 Å². The zero-order chi connectivity index (χ0) is 16.9. The summed E-state index contributed by atoms with van der Waals surface area (Å²) >= 11 is 0. The van der Waals surface area contributed by atoms with Gasteiger partial charge in [-0.1, -0.05) is 24.3 Å². The number of aromatic hydroxyl groups is 1. The molecular formula is C18H20N2O4. The molecule has 0 saturated carbocycles. The highest BCUT2D eigenvalue weighted by Gasteiger charge is 2.21. The summed E-state index contributed by atoms with van der Waals surface area (Å²) in [5.41, 5.74) is 2.90. The van der Waals surface area contributed by atoms with Gasteiger partial charge < -0.3 is 20.3 Å². The van der Waals surface area contributed by atoms with Gasteiger partial charge in [-0.15, -0.1) is 0 Å². The van der Waals surface area contributed by atoms with Crippen molar-refractivity contribution in [3.63, 3.8) is 0 Å². The van der Waals surface area contributed by atoms with Crippen LogP contribution in [0.25, 0.3) is 0 Å². The number of aryl methyl sites for hydroxylation is 1. The van der Waals surface area contributed by atoms with Crippen molar-refractivity contribution in [1.82, 2.24) is 10.3 Å². The minimum Gasteiger partial charge on any atom is -0.508 e. The van der Waals surface area contributed by atoms with Crippen LogP contribution in [0.2, 0.25) is 0 Å². The maximum Gasteiger partial charge on any atom is 0.512 e. The van der Waals surface area contributed by atoms with Crippen LogP contribution in [0.4, 0.5) is 4.79 Å². The molecule has 0 radical (unpaired) electrons. The number of rotatable bonds is 5. The van der Waals surface area contributed by atoms with Gasteiger partial charge >= 0.3 is 6.16 Å². The lowest BCUT2D eigenvalue weighted by Crippen LogP contribution is -2.27. The smallest absolute Gasteiger partial charge is 0.508 e. The number of fused-ring (bicyclic) bond motifs is 1. The average Bonchev–Trinajstić information content (AvgIpc) is 2.56. The van der Waals surface area contributed by atoms with Crippen molar-refractivity contribution >= 4 is 6.16 Å². The molecule has 1 atom stereocenters. The van der Waals surface area contributed by atoms with E-state index in [1.54, 1.807) is 12.1 Å². The van der Waals surface area contributed by atoms with E-state index in [1.807, 2.05) is 24.3 Å². The van der Waals surface area contributed by atoms with Crippen LogP contribution in [0.5, 0.6) is 11.6 Å². The topological polar surface area (TPSA) is 91.7 Å². The van der Waals surface area contributed by atoms with Crippen molar-refractivity contribution in [2.75, 3.05) is 6.54 Å². The van der Waals surface area contributed by atoms with E-state index < -0.39 is 6.16 Å². The minimum atomic E-state index is -1.35. The summed E-state index contributed by atoms with van der Waals surface area (Å²) in [5.74, 6) is 0.441. The Morgan fingerprint density at radius 3 is 2.92 bits per heavy atom. The number of aromatic nitrogens is 1. The second-order valence-corrected chi connectivity index (χ2v) is 5.83. The van der Waals surface area contributed by atoms with Gasteiger partial charge in [-0.25, -0.2) is 9.78 Å². The molecular weight excluding hydrogens is 308 g/mol. The van der Waals surface area contributed by atoms with Crippen LogP contribution in [-0.4, -0.2) is 27.9 Å². The van der Waals surface area contributed by atoms with Gasteiger partial charge in [0.05, 0.1) is 0 Å². The van der Waals surface area contributed by atoms with Gasteiger partial charge in [0.25, 0.3) is 0 Å². The predicted molar refractivity (Wildman–Crippen MR) is 88.4 cm³/mol. The van der Waals surface area contributed by atoms with Crippen LogP contribution < -0.4 is 10.1 Å². The first-order valence-corrected chi connectivity index (χ1v) is 8.04. The number of hydrogen-bond acceptors (Lipinski definition) is 5. The maximum atomic E-state index is 10.6. The third-order valence-electron chi connectivity index (χ3n) is 4.23. The Balaban J connectivity index is 1.64. The molecule has 6 heteroatoms. The first-order chi connectivity index (χ1) is 11.6. The zero-order valence-electron chi connectivity index (χ0n) is 13.2. The SMILES string of the molecule is O=C(O)Oc1ccc2c(n1)CCCC2NCCc1ccccc1O. The standard InChI is InChI=1S/C18H20N2O4/c21-16-7-2-1-4-12(16)10-11-19-14-5-3-6-15-13(14)8-9-17(20-15)24-18(22)23/h1-2,4,7-9,14,19,21H,3,5-6,10-11H2,(H,22,23). The highest BCUT2D eigenvalue weighted by Crippen LogP contribution is 2.30. The van der Waals surface area contributed by atoms with Crippen LogP contribution in [-0.2, 0) is 12.8 Å². The first-order valence-electron chi connectivity index (χ1n) is 8.04. The number of carbonyl (C=O) groups is 1. The Morgan fingerprint density at radius 1 is 1.29 bits per heavy atom. The fourth-order valence-corrected chi connectivity index (χ4v) is 3.10. The monoisotopic (exact) mass is 328 g/mol. The number of ether oxygens (including phenoxy) is 1. The van der Waals surface area contributed by atoms with Crippen molar-refractivity contribution in [1.29, 1.82) is 0 Å². The van der Waals surface area contributed by atoms with Gasteiger partial charge in [-0.05, 0) is 49.4 Å². The van der Waals surface area contributed by atoms with Crippen molar-refractivity contribution < 1.29 is 19.7 Å². The predicted octanol–water partition coefficient (Wildman–Crippen LogP) is 3.05. The number of phenolic OH excluding ortho intramolecular Hbond substituents is 1. The molecule has 126 valence electrons. The summed E-state index contributed by atoms with van der Waals surface area (Å²) in [7, 11) is 0. The second-order valence-electron chi connectivity index (χ2n) is 5.83. The molecule has 0 bridgehead atoms. The third-order valence-corrected chi connectivity index (χ3v) is 4.23. The molecule has 0 saturated heterocycles. The van der Waals surface area contributed by atoms with Crippen LogP contribution in [0, 0.1) is 0 Å². The maximum absolute atomic E-state index is 10.6. The number of hydrogen-bond donors (Lipinski definition) is 3. The van der Waals surface area contributed by atoms with Crippen LogP contribution >= 0.6 is 0 Å². The summed E-state index contributed by atoms with van der Waals surface area (Å²) < 4.78 is 4.63. The van der Waals surface area contributed by atoms with Crippen molar-refractivity contribution in [3.8, 4) is 11.6 Å². The van der Waals surface area contributed by atoms with E-state index >= 15 is 0 Å². The highest BCUT2D eigenvalue weighted by molar-refractivity contribution is 5.60. The van der Waals surface area contributed by atoms with Crippen molar-refractivity contribution in [2.45, 2.75) is 31.7 Å². The fraction of sp³-hybridized carbons (Fsp3) is 0.333. The molecule has 1 aliphatic carbocycles. The van der Waals surface area contributed by atoms with Gasteiger partial charge in [0, 0.05) is 17.8 Å². The Kier molecular flexibility index (Phi) is 4.96. The molecule has 3 N–H and O–H groups in total. The Hall–Kier alpha value is -2.60. The van der Waals surface area contributed by atoms with E-state index in [2.05, 4.69) is 15.0 Å². The third kappa shape index (κ3) is 3.83. The molecule has 1 heterocycles. The van der Waals surface area contributed by atoms with E-state index in [-0.39, 0.29) is 11.9 Å². The Labute approximate surface area is 140 Å². The quantitative estimate of drug-likeness (QED) is 0.731. The van der Waals surface area contributed by atoms with E-state index in [0.29, 0.717) is 5.75 Å². The number of nitrogens with one attached hydrogen (secondary N) is 1. The average molecular weight is 328 g/mol. The number of benzene rings is 1. The number of para-hydroxylation sites is 1. The lowest BCUT2D eigenvalue weighted by atomic mass is 9.91. The molecule has 1 aromatic carbocycles. The molecule has 6 nitrogen and oxygen atoms in total. The molecule has 24 heavy (non-hydrogen) atoms. The van der Waals surface area contributed by atoms with Gasteiger partial charge in [0.1, 0.15) is 5.75 Å². The first kappa shape index (κ1) is 16.3. The molecule has 1 aromatic heterocycles. The number of phenols is 1. The summed E-state index contributed by atoms with van der Waals surface area (Å²) in [4.78, 5) is 14.9. The van der Waals surface area contributed by atoms with E-state index in [0.717, 1.165) is 49.0 Å². The van der Waals surface area contributed by atoms with E-state index in [9.17, 15) is 9.90 Å². The van der Waals surface area contributed by atoms with Crippen LogP contribution in [0.1, 0.15) is 35.7 Å². The largest absolute Gasteiger partial charge is 0.512 e. The summed E-state index contributed by atoms with van der Waals surface area (Å²) in [6.07, 6.45) is 2.21.